The molecule has 33 heavy (non-hydrogen) atoms. The number of aromatic nitrogens is 1. The number of amides is 1. The van der Waals surface area contributed by atoms with E-state index < -0.39 is 23.5 Å². The number of anilines is 1. The number of thiazole rings is 1. The van der Waals surface area contributed by atoms with E-state index in [4.69, 9.17) is 11.6 Å². The number of carbonyl (C=O) groups excluding carboxylic acids is 2. The van der Waals surface area contributed by atoms with Gasteiger partial charge in [0.15, 0.2) is 5.13 Å². The van der Waals surface area contributed by atoms with Gasteiger partial charge in [-0.2, -0.15) is 0 Å². The van der Waals surface area contributed by atoms with Crippen molar-refractivity contribution in [3.8, 4) is 0 Å². The van der Waals surface area contributed by atoms with Gasteiger partial charge >= 0.3 is 5.91 Å². The van der Waals surface area contributed by atoms with Gasteiger partial charge in [0.25, 0.3) is 5.78 Å². The number of hydrogen-bond donors (Lipinski definition) is 1. The van der Waals surface area contributed by atoms with Crippen LogP contribution >= 0.6 is 38.9 Å². The first-order valence-electron chi connectivity index (χ1n) is 9.72. The van der Waals surface area contributed by atoms with Gasteiger partial charge in [0.1, 0.15) is 11.6 Å². The van der Waals surface area contributed by atoms with Gasteiger partial charge in [-0.15, -0.1) is 0 Å². The van der Waals surface area contributed by atoms with Gasteiger partial charge in [0, 0.05) is 15.1 Å². The van der Waals surface area contributed by atoms with Crippen molar-refractivity contribution < 1.29 is 19.1 Å². The summed E-state index contributed by atoms with van der Waals surface area (Å²) < 4.78 is 15.0. The third-order valence-corrected chi connectivity index (χ3v) is 7.03. The minimum atomic E-state index is -0.927. The van der Waals surface area contributed by atoms with Crippen molar-refractivity contribution in [3.05, 3.63) is 98.7 Å². The van der Waals surface area contributed by atoms with E-state index in [9.17, 15) is 19.1 Å². The Kier molecular flexibility index (Phi) is 5.52. The molecule has 1 N–H and O–H groups in total. The fourth-order valence-corrected chi connectivity index (χ4v) is 5.33. The number of aliphatic hydroxyl groups excluding tert-OH is 1. The molecule has 1 aliphatic heterocycles. The fraction of sp³-hybridized carbons (Fsp3) is 0.0417. The summed E-state index contributed by atoms with van der Waals surface area (Å²) >= 11 is 10.5. The average molecular weight is 544 g/mol. The summed E-state index contributed by atoms with van der Waals surface area (Å²) in [6.45, 7) is 0. The monoisotopic (exact) mass is 542 g/mol. The SMILES string of the molecule is O=C1C(=O)N(c2nc3ccc(F)cc3s2)C(c2cccc(Br)c2)/C1=C(\O)c1ccc(Cl)cc1. The molecule has 5 nitrogen and oxygen atoms in total. The predicted molar refractivity (Wildman–Crippen MR) is 130 cm³/mol. The number of Topliss-reactive ketones (excluding diaryl/α,β-unsaturated/α-hetero) is 1. The molecule has 0 radical (unpaired) electrons. The molecule has 5 rings (SSSR count). The molecule has 0 aliphatic carbocycles. The number of hydrogen-bond acceptors (Lipinski definition) is 5. The molecular formula is C24H13BrClFN2O3S. The molecule has 1 unspecified atom stereocenters. The molecule has 9 heteroatoms. The maximum Gasteiger partial charge on any atom is 0.301 e. The van der Waals surface area contributed by atoms with Crippen LogP contribution in [0.1, 0.15) is 17.2 Å². The van der Waals surface area contributed by atoms with E-state index in [1.54, 1.807) is 42.5 Å². The third-order valence-electron chi connectivity index (χ3n) is 5.27. The van der Waals surface area contributed by atoms with Crippen molar-refractivity contribution in [1.82, 2.24) is 4.98 Å². The summed E-state index contributed by atoms with van der Waals surface area (Å²) in [4.78, 5) is 32.1. The molecule has 3 aromatic carbocycles. The second-order valence-electron chi connectivity index (χ2n) is 7.34. The van der Waals surface area contributed by atoms with Crippen molar-refractivity contribution in [2.75, 3.05) is 4.90 Å². The maximum atomic E-state index is 13.7. The molecule has 2 heterocycles. The van der Waals surface area contributed by atoms with Gasteiger partial charge in [-0.25, -0.2) is 9.37 Å². The highest BCUT2D eigenvalue weighted by Gasteiger charge is 2.48. The Hall–Kier alpha value is -3.07. The second kappa shape index (κ2) is 8.37. The van der Waals surface area contributed by atoms with Crippen LogP contribution < -0.4 is 4.90 Å². The summed E-state index contributed by atoms with van der Waals surface area (Å²) in [6, 6.07) is 16.6. The Morgan fingerprint density at radius 2 is 1.85 bits per heavy atom. The first-order chi connectivity index (χ1) is 15.8. The maximum absolute atomic E-state index is 13.7. The lowest BCUT2D eigenvalue weighted by molar-refractivity contribution is -0.132. The number of halogens is 3. The summed E-state index contributed by atoms with van der Waals surface area (Å²) in [5.41, 5.74) is 1.39. The first-order valence-corrected chi connectivity index (χ1v) is 11.7. The average Bonchev–Trinajstić information content (AvgIpc) is 3.32. The predicted octanol–water partition coefficient (Wildman–Crippen LogP) is 6.48. The van der Waals surface area contributed by atoms with Gasteiger partial charge in [0.2, 0.25) is 0 Å². The van der Waals surface area contributed by atoms with Gasteiger partial charge in [-0.05, 0) is 60.2 Å². The summed E-state index contributed by atoms with van der Waals surface area (Å²) in [5.74, 6) is -2.40. The van der Waals surface area contributed by atoms with Crippen LogP contribution in [-0.4, -0.2) is 21.8 Å². The number of benzene rings is 3. The Bertz CT molecular complexity index is 1470. The molecule has 1 saturated heterocycles. The van der Waals surface area contributed by atoms with Crippen LogP contribution in [-0.2, 0) is 9.59 Å². The van der Waals surface area contributed by atoms with Crippen LogP contribution in [0, 0.1) is 5.82 Å². The molecule has 1 aromatic heterocycles. The van der Waals surface area contributed by atoms with E-state index in [2.05, 4.69) is 20.9 Å². The molecule has 1 aliphatic rings. The lowest BCUT2D eigenvalue weighted by Gasteiger charge is -2.23. The topological polar surface area (TPSA) is 70.5 Å². The number of aliphatic hydroxyl groups is 1. The van der Waals surface area contributed by atoms with Gasteiger partial charge < -0.3 is 5.11 Å². The van der Waals surface area contributed by atoms with E-state index in [0.29, 0.717) is 26.4 Å². The number of fused-ring (bicyclic) bond motifs is 1. The Morgan fingerprint density at radius 3 is 2.58 bits per heavy atom. The lowest BCUT2D eigenvalue weighted by atomic mass is 9.95. The van der Waals surface area contributed by atoms with Crippen LogP contribution in [0.2, 0.25) is 5.02 Å². The van der Waals surface area contributed by atoms with E-state index >= 15 is 0 Å². The first kappa shape index (κ1) is 21.8. The number of nitrogens with zero attached hydrogens (tertiary/aromatic N) is 2. The van der Waals surface area contributed by atoms with Gasteiger partial charge in [-0.1, -0.05) is 51.0 Å². The van der Waals surface area contributed by atoms with Crippen molar-refractivity contribution in [2.45, 2.75) is 6.04 Å². The normalized spacial score (nSPS) is 17.8. The van der Waals surface area contributed by atoms with E-state index in [0.717, 1.165) is 15.8 Å². The highest BCUT2D eigenvalue weighted by molar-refractivity contribution is 9.10. The lowest BCUT2D eigenvalue weighted by Crippen LogP contribution is -2.29. The zero-order valence-corrected chi connectivity index (χ0v) is 19.8. The Labute approximate surface area is 204 Å². The molecule has 1 fully saturated rings. The van der Waals surface area contributed by atoms with E-state index in [-0.39, 0.29) is 16.5 Å². The van der Waals surface area contributed by atoms with Crippen molar-refractivity contribution in [3.63, 3.8) is 0 Å². The Balaban J connectivity index is 1.74. The van der Waals surface area contributed by atoms with Crippen LogP contribution in [0.4, 0.5) is 9.52 Å². The number of rotatable bonds is 3. The highest BCUT2D eigenvalue weighted by atomic mass is 79.9. The molecule has 4 aromatic rings. The van der Waals surface area contributed by atoms with Crippen LogP contribution in [0.15, 0.2) is 76.8 Å². The van der Waals surface area contributed by atoms with Crippen molar-refractivity contribution in [2.24, 2.45) is 0 Å². The highest BCUT2D eigenvalue weighted by Crippen LogP contribution is 2.44. The molecular weight excluding hydrogens is 531 g/mol. The largest absolute Gasteiger partial charge is 0.507 e. The van der Waals surface area contributed by atoms with Crippen molar-refractivity contribution >= 4 is 71.7 Å². The summed E-state index contributed by atoms with van der Waals surface area (Å²) in [5, 5.41) is 11.8. The zero-order chi connectivity index (χ0) is 23.3. The zero-order valence-electron chi connectivity index (χ0n) is 16.6. The molecule has 1 atom stereocenters. The fourth-order valence-electron chi connectivity index (χ4n) is 3.77. The van der Waals surface area contributed by atoms with Gasteiger partial charge in [-0.3, -0.25) is 14.5 Å². The third kappa shape index (κ3) is 3.84. The molecule has 0 spiro atoms. The second-order valence-corrected chi connectivity index (χ2v) is 9.70. The van der Waals surface area contributed by atoms with Crippen LogP contribution in [0.3, 0.4) is 0 Å². The molecule has 0 bridgehead atoms. The summed E-state index contributed by atoms with van der Waals surface area (Å²) in [6.07, 6.45) is 0. The van der Waals surface area contributed by atoms with Crippen LogP contribution in [0.25, 0.3) is 16.0 Å². The minimum Gasteiger partial charge on any atom is -0.507 e. The van der Waals surface area contributed by atoms with Crippen molar-refractivity contribution in [1.29, 1.82) is 0 Å². The smallest absolute Gasteiger partial charge is 0.301 e. The quantitative estimate of drug-likeness (QED) is 0.182. The van der Waals surface area contributed by atoms with E-state index in [1.807, 2.05) is 6.07 Å². The number of ketones is 1. The summed E-state index contributed by atoms with van der Waals surface area (Å²) in [7, 11) is 0. The number of carbonyl (C=O) groups is 2. The van der Waals surface area contributed by atoms with Crippen LogP contribution in [0.5, 0.6) is 0 Å². The van der Waals surface area contributed by atoms with Gasteiger partial charge in [0.05, 0.1) is 21.8 Å². The molecule has 1 amide bonds. The standard InChI is InChI=1S/C24H13BrClFN2O3S/c25-14-3-1-2-13(10-14)20-19(21(30)12-4-6-15(26)7-5-12)22(31)23(32)29(20)24-28-17-9-8-16(27)11-18(17)33-24/h1-11,20,30H/b21-19+. The molecule has 0 saturated carbocycles. The minimum absolute atomic E-state index is 0.0640. The molecule has 164 valence electrons. The van der Waals surface area contributed by atoms with E-state index in [1.165, 1.54) is 23.1 Å². The Morgan fingerprint density at radius 1 is 1.09 bits per heavy atom.